The third kappa shape index (κ3) is 2.49. The van der Waals surface area contributed by atoms with Crippen LogP contribution in [0.1, 0.15) is 17.2 Å². The molecule has 0 saturated carbocycles. The van der Waals surface area contributed by atoms with E-state index in [1.807, 2.05) is 24.3 Å². The monoisotopic (exact) mass is 280 g/mol. The average Bonchev–Trinajstić information content (AvgIpc) is 2.29. The summed E-state index contributed by atoms with van der Waals surface area (Å²) in [7, 11) is 0. The molecule has 0 aliphatic heterocycles. The van der Waals surface area contributed by atoms with Gasteiger partial charge in [-0.3, -0.25) is 0 Å². The van der Waals surface area contributed by atoms with Crippen LogP contribution in [0.4, 0.5) is 4.39 Å². The molecular weight excluding hydrogens is 271 g/mol. The Morgan fingerprint density at radius 1 is 1.00 bits per heavy atom. The van der Waals surface area contributed by atoms with Crippen molar-refractivity contribution < 1.29 is 9.50 Å². The fourth-order valence-corrected chi connectivity index (χ4v) is 1.93. The number of aliphatic hydroxyl groups is 1. The van der Waals surface area contributed by atoms with E-state index in [2.05, 4.69) is 15.9 Å². The van der Waals surface area contributed by atoms with Crippen molar-refractivity contribution in [3.8, 4) is 0 Å². The molecule has 0 heterocycles. The van der Waals surface area contributed by atoms with Crippen LogP contribution >= 0.6 is 15.9 Å². The van der Waals surface area contributed by atoms with Crippen LogP contribution in [0.15, 0.2) is 53.0 Å². The second kappa shape index (κ2) is 4.76. The molecule has 0 saturated heterocycles. The van der Waals surface area contributed by atoms with Crippen molar-refractivity contribution in [2.45, 2.75) is 6.10 Å². The maximum absolute atomic E-state index is 12.7. The van der Waals surface area contributed by atoms with Gasteiger partial charge in [-0.2, -0.15) is 0 Å². The number of hydrogen-bond donors (Lipinski definition) is 1. The molecule has 2 aromatic carbocycles. The van der Waals surface area contributed by atoms with Crippen LogP contribution in [-0.4, -0.2) is 5.11 Å². The molecule has 2 aromatic rings. The van der Waals surface area contributed by atoms with Gasteiger partial charge in [-0.05, 0) is 35.4 Å². The van der Waals surface area contributed by atoms with Gasteiger partial charge in [0, 0.05) is 4.47 Å². The van der Waals surface area contributed by atoms with Gasteiger partial charge in [-0.25, -0.2) is 4.39 Å². The first-order valence-electron chi connectivity index (χ1n) is 4.86. The lowest BCUT2D eigenvalue weighted by molar-refractivity contribution is 0.220. The van der Waals surface area contributed by atoms with Gasteiger partial charge in [-0.1, -0.05) is 40.2 Å². The second-order valence-corrected chi connectivity index (χ2v) is 4.42. The zero-order valence-corrected chi connectivity index (χ0v) is 9.99. The molecule has 0 amide bonds. The molecule has 1 atom stereocenters. The van der Waals surface area contributed by atoms with Gasteiger partial charge >= 0.3 is 0 Å². The van der Waals surface area contributed by atoms with Crippen LogP contribution < -0.4 is 0 Å². The van der Waals surface area contributed by atoms with Crippen LogP contribution in [-0.2, 0) is 0 Å². The fraction of sp³-hybridized carbons (Fsp3) is 0.0769. The molecule has 1 unspecified atom stereocenters. The van der Waals surface area contributed by atoms with E-state index in [1.165, 1.54) is 12.1 Å². The summed E-state index contributed by atoms with van der Waals surface area (Å²) in [5.41, 5.74) is 1.46. The van der Waals surface area contributed by atoms with E-state index in [0.29, 0.717) is 5.56 Å². The predicted molar refractivity (Wildman–Crippen MR) is 64.6 cm³/mol. The highest BCUT2D eigenvalue weighted by Crippen LogP contribution is 2.24. The lowest BCUT2D eigenvalue weighted by Crippen LogP contribution is -1.99. The standard InChI is InChI=1S/C13H10BrFO/c14-11-3-1-2-10(8-11)13(16)9-4-6-12(15)7-5-9/h1-8,13,16H. The molecule has 1 nitrogen and oxygen atoms in total. The summed E-state index contributed by atoms with van der Waals surface area (Å²) in [5.74, 6) is -0.301. The molecule has 0 fully saturated rings. The van der Waals surface area contributed by atoms with Crippen molar-refractivity contribution in [1.29, 1.82) is 0 Å². The first-order valence-corrected chi connectivity index (χ1v) is 5.65. The predicted octanol–water partition coefficient (Wildman–Crippen LogP) is 3.67. The summed E-state index contributed by atoms with van der Waals surface area (Å²) >= 11 is 3.34. The van der Waals surface area contributed by atoms with E-state index < -0.39 is 6.10 Å². The lowest BCUT2D eigenvalue weighted by atomic mass is 10.0. The highest BCUT2D eigenvalue weighted by atomic mass is 79.9. The second-order valence-electron chi connectivity index (χ2n) is 3.51. The van der Waals surface area contributed by atoms with E-state index >= 15 is 0 Å². The summed E-state index contributed by atoms with van der Waals surface area (Å²) in [6.45, 7) is 0. The van der Waals surface area contributed by atoms with Crippen LogP contribution in [0.25, 0.3) is 0 Å². The molecule has 0 aliphatic rings. The summed E-state index contributed by atoms with van der Waals surface area (Å²) < 4.78 is 13.6. The van der Waals surface area contributed by atoms with Crippen molar-refractivity contribution in [2.24, 2.45) is 0 Å². The number of benzene rings is 2. The molecule has 2 rings (SSSR count). The van der Waals surface area contributed by atoms with E-state index in [4.69, 9.17) is 0 Å². The smallest absolute Gasteiger partial charge is 0.123 e. The quantitative estimate of drug-likeness (QED) is 0.890. The molecule has 16 heavy (non-hydrogen) atoms. The number of rotatable bonds is 2. The van der Waals surface area contributed by atoms with E-state index in [0.717, 1.165) is 10.0 Å². The molecule has 0 radical (unpaired) electrons. The van der Waals surface area contributed by atoms with Crippen LogP contribution in [0.2, 0.25) is 0 Å². The highest BCUT2D eigenvalue weighted by Gasteiger charge is 2.10. The van der Waals surface area contributed by atoms with Crippen LogP contribution in [0.5, 0.6) is 0 Å². The van der Waals surface area contributed by atoms with Crippen LogP contribution in [0.3, 0.4) is 0 Å². The third-order valence-corrected chi connectivity index (χ3v) is 2.84. The number of aliphatic hydroxyl groups excluding tert-OH is 1. The van der Waals surface area contributed by atoms with E-state index in [-0.39, 0.29) is 5.82 Å². The Morgan fingerprint density at radius 2 is 1.69 bits per heavy atom. The Bertz CT molecular complexity index is 482. The maximum Gasteiger partial charge on any atom is 0.123 e. The Labute approximate surface area is 102 Å². The van der Waals surface area contributed by atoms with Crippen molar-refractivity contribution in [3.05, 3.63) is 69.9 Å². The summed E-state index contributed by atoms with van der Waals surface area (Å²) in [4.78, 5) is 0. The lowest BCUT2D eigenvalue weighted by Gasteiger charge is -2.11. The molecule has 82 valence electrons. The number of hydrogen-bond acceptors (Lipinski definition) is 1. The highest BCUT2D eigenvalue weighted by molar-refractivity contribution is 9.10. The van der Waals surface area contributed by atoms with Gasteiger partial charge in [0.2, 0.25) is 0 Å². The third-order valence-electron chi connectivity index (χ3n) is 2.35. The van der Waals surface area contributed by atoms with Gasteiger partial charge in [0.25, 0.3) is 0 Å². The summed E-state index contributed by atoms with van der Waals surface area (Å²) in [5, 5.41) is 10.1. The van der Waals surface area contributed by atoms with Gasteiger partial charge in [-0.15, -0.1) is 0 Å². The first-order chi connectivity index (χ1) is 7.66. The Hall–Kier alpha value is -1.19. The minimum atomic E-state index is -0.724. The SMILES string of the molecule is OC(c1ccc(F)cc1)c1cccc(Br)c1. The molecule has 0 aromatic heterocycles. The summed E-state index contributed by atoms with van der Waals surface area (Å²) in [6.07, 6.45) is -0.724. The maximum atomic E-state index is 12.7. The minimum Gasteiger partial charge on any atom is -0.384 e. The zero-order valence-electron chi connectivity index (χ0n) is 8.40. The van der Waals surface area contributed by atoms with Crippen molar-refractivity contribution in [2.75, 3.05) is 0 Å². The minimum absolute atomic E-state index is 0.301. The molecule has 0 aliphatic carbocycles. The van der Waals surface area contributed by atoms with Crippen molar-refractivity contribution >= 4 is 15.9 Å². The fourth-order valence-electron chi connectivity index (χ4n) is 1.51. The zero-order chi connectivity index (χ0) is 11.5. The average molecular weight is 281 g/mol. The Kier molecular flexibility index (Phi) is 3.36. The molecule has 3 heteroatoms. The molecule has 0 bridgehead atoms. The van der Waals surface area contributed by atoms with Crippen molar-refractivity contribution in [1.82, 2.24) is 0 Å². The first kappa shape index (κ1) is 11.3. The Morgan fingerprint density at radius 3 is 2.31 bits per heavy atom. The largest absolute Gasteiger partial charge is 0.384 e. The topological polar surface area (TPSA) is 20.2 Å². The normalized spacial score (nSPS) is 12.4. The van der Waals surface area contributed by atoms with Crippen molar-refractivity contribution in [3.63, 3.8) is 0 Å². The number of halogens is 2. The molecular formula is C13H10BrFO. The van der Waals surface area contributed by atoms with Gasteiger partial charge in [0.05, 0.1) is 0 Å². The van der Waals surface area contributed by atoms with E-state index in [9.17, 15) is 9.50 Å². The summed E-state index contributed by atoms with van der Waals surface area (Å²) in [6, 6.07) is 13.3. The molecule has 0 spiro atoms. The van der Waals surface area contributed by atoms with Gasteiger partial charge in [0.15, 0.2) is 0 Å². The Balaban J connectivity index is 2.31. The van der Waals surface area contributed by atoms with Gasteiger partial charge < -0.3 is 5.11 Å². The van der Waals surface area contributed by atoms with Crippen LogP contribution in [0, 0.1) is 5.82 Å². The van der Waals surface area contributed by atoms with Gasteiger partial charge in [0.1, 0.15) is 11.9 Å². The molecule has 1 N–H and O–H groups in total. The van der Waals surface area contributed by atoms with E-state index in [1.54, 1.807) is 12.1 Å².